The number of hydrogen-bond donors (Lipinski definition) is 1. The highest BCUT2D eigenvalue weighted by Gasteiger charge is 2.11. The highest BCUT2D eigenvalue weighted by atomic mass is 32.1. The van der Waals surface area contributed by atoms with Gasteiger partial charge in [-0.15, -0.1) is 11.3 Å². The van der Waals surface area contributed by atoms with Crippen LogP contribution in [0.15, 0.2) is 29.6 Å². The Morgan fingerprint density at radius 1 is 1.30 bits per heavy atom. The maximum atomic E-state index is 12.0. The highest BCUT2D eigenvalue weighted by Crippen LogP contribution is 2.18. The number of alkyl halides is 2. The van der Waals surface area contributed by atoms with Crippen LogP contribution in [0.4, 0.5) is 13.9 Å². The van der Waals surface area contributed by atoms with E-state index in [1.165, 1.54) is 42.5 Å². The standard InChI is InChI=1S/C14H12F2N2O4S/c1-8(19)17-14-18-10(7-23-14)6-21-12(20)9-2-4-11(5-3-9)22-13(15)16/h2-5,7,13H,6H2,1H3,(H,17,18,19). The number of carbonyl (C=O) groups is 2. The normalized spacial score (nSPS) is 10.4. The fourth-order valence-electron chi connectivity index (χ4n) is 1.58. The number of hydrogen-bond acceptors (Lipinski definition) is 6. The van der Waals surface area contributed by atoms with Crippen molar-refractivity contribution >= 4 is 28.3 Å². The lowest BCUT2D eigenvalue weighted by Gasteiger charge is -2.06. The van der Waals surface area contributed by atoms with Crippen LogP contribution >= 0.6 is 11.3 Å². The molecule has 0 aliphatic carbocycles. The number of thiazole rings is 1. The second-order valence-corrected chi connectivity index (χ2v) is 5.16. The van der Waals surface area contributed by atoms with Gasteiger partial charge in [0, 0.05) is 12.3 Å². The largest absolute Gasteiger partial charge is 0.456 e. The van der Waals surface area contributed by atoms with Gasteiger partial charge in [0.15, 0.2) is 5.13 Å². The highest BCUT2D eigenvalue weighted by molar-refractivity contribution is 7.13. The Morgan fingerprint density at radius 2 is 2.00 bits per heavy atom. The van der Waals surface area contributed by atoms with Crippen LogP contribution < -0.4 is 10.1 Å². The van der Waals surface area contributed by atoms with E-state index in [1.54, 1.807) is 5.38 Å². The van der Waals surface area contributed by atoms with Gasteiger partial charge >= 0.3 is 12.6 Å². The maximum Gasteiger partial charge on any atom is 0.387 e. The fourth-order valence-corrected chi connectivity index (χ4v) is 2.32. The molecule has 122 valence electrons. The summed E-state index contributed by atoms with van der Waals surface area (Å²) in [6, 6.07) is 5.15. The van der Waals surface area contributed by atoms with Crippen LogP contribution in [-0.2, 0) is 16.1 Å². The first-order chi connectivity index (χ1) is 10.9. The molecule has 0 fully saturated rings. The Bertz CT molecular complexity index is 688. The van der Waals surface area contributed by atoms with Gasteiger partial charge < -0.3 is 14.8 Å². The van der Waals surface area contributed by atoms with Crippen molar-refractivity contribution < 1.29 is 27.8 Å². The van der Waals surface area contributed by atoms with Crippen LogP contribution in [0.1, 0.15) is 23.0 Å². The molecule has 0 bridgehead atoms. The molecule has 9 heteroatoms. The molecule has 0 aliphatic rings. The molecule has 0 radical (unpaired) electrons. The fraction of sp³-hybridized carbons (Fsp3) is 0.214. The quantitative estimate of drug-likeness (QED) is 0.817. The molecule has 0 aliphatic heterocycles. The SMILES string of the molecule is CC(=O)Nc1nc(COC(=O)c2ccc(OC(F)F)cc2)cs1. The van der Waals surface area contributed by atoms with E-state index < -0.39 is 12.6 Å². The first-order valence-corrected chi connectivity index (χ1v) is 7.26. The number of benzene rings is 1. The number of carbonyl (C=O) groups excluding carboxylic acids is 2. The van der Waals surface area contributed by atoms with Crippen molar-refractivity contribution in [1.82, 2.24) is 4.98 Å². The van der Waals surface area contributed by atoms with Crippen molar-refractivity contribution in [1.29, 1.82) is 0 Å². The van der Waals surface area contributed by atoms with Crippen molar-refractivity contribution in [3.05, 3.63) is 40.9 Å². The van der Waals surface area contributed by atoms with E-state index in [0.29, 0.717) is 10.8 Å². The number of anilines is 1. The number of rotatable bonds is 6. The third-order valence-corrected chi connectivity index (χ3v) is 3.31. The Balaban J connectivity index is 1.89. The maximum absolute atomic E-state index is 12.0. The van der Waals surface area contributed by atoms with Crippen molar-refractivity contribution in [2.75, 3.05) is 5.32 Å². The van der Waals surface area contributed by atoms with E-state index in [1.807, 2.05) is 0 Å². The van der Waals surface area contributed by atoms with Crippen molar-refractivity contribution in [2.24, 2.45) is 0 Å². The second-order valence-electron chi connectivity index (χ2n) is 4.30. The monoisotopic (exact) mass is 342 g/mol. The Hall–Kier alpha value is -2.55. The molecule has 2 aromatic rings. The van der Waals surface area contributed by atoms with Gasteiger partial charge in [0.25, 0.3) is 0 Å². The van der Waals surface area contributed by atoms with Gasteiger partial charge in [-0.2, -0.15) is 8.78 Å². The van der Waals surface area contributed by atoms with Crippen LogP contribution in [0.2, 0.25) is 0 Å². The molecule has 0 saturated heterocycles. The van der Waals surface area contributed by atoms with Crippen LogP contribution in [0, 0.1) is 0 Å². The number of halogens is 2. The summed E-state index contributed by atoms with van der Waals surface area (Å²) >= 11 is 1.21. The summed E-state index contributed by atoms with van der Waals surface area (Å²) in [5.41, 5.74) is 0.689. The Labute approximate surface area is 134 Å². The van der Waals surface area contributed by atoms with E-state index in [4.69, 9.17) is 4.74 Å². The third-order valence-electron chi connectivity index (χ3n) is 2.50. The molecule has 1 heterocycles. The lowest BCUT2D eigenvalue weighted by molar-refractivity contribution is -0.114. The molecule has 2 rings (SSSR count). The summed E-state index contributed by atoms with van der Waals surface area (Å²) < 4.78 is 33.3. The third kappa shape index (κ3) is 5.29. The van der Waals surface area contributed by atoms with Gasteiger partial charge in [0.1, 0.15) is 12.4 Å². The van der Waals surface area contributed by atoms with E-state index in [2.05, 4.69) is 15.0 Å². The van der Waals surface area contributed by atoms with Gasteiger partial charge in [-0.25, -0.2) is 9.78 Å². The van der Waals surface area contributed by atoms with E-state index >= 15 is 0 Å². The smallest absolute Gasteiger partial charge is 0.387 e. The lowest BCUT2D eigenvalue weighted by atomic mass is 10.2. The molecular formula is C14H12F2N2O4S. The summed E-state index contributed by atoms with van der Waals surface area (Å²) in [4.78, 5) is 26.8. The molecular weight excluding hydrogens is 330 g/mol. The molecule has 23 heavy (non-hydrogen) atoms. The lowest BCUT2D eigenvalue weighted by Crippen LogP contribution is -2.07. The Kier molecular flexibility index (Phi) is 5.58. The van der Waals surface area contributed by atoms with E-state index in [9.17, 15) is 18.4 Å². The zero-order valence-electron chi connectivity index (χ0n) is 11.9. The van der Waals surface area contributed by atoms with Crippen LogP contribution in [-0.4, -0.2) is 23.5 Å². The molecule has 1 amide bonds. The van der Waals surface area contributed by atoms with E-state index in [-0.39, 0.29) is 23.8 Å². The molecule has 0 saturated carbocycles. The zero-order chi connectivity index (χ0) is 16.8. The number of nitrogens with zero attached hydrogens (tertiary/aromatic N) is 1. The van der Waals surface area contributed by atoms with Gasteiger partial charge in [-0.3, -0.25) is 4.79 Å². The predicted molar refractivity (Wildman–Crippen MR) is 78.6 cm³/mol. The van der Waals surface area contributed by atoms with Crippen LogP contribution in [0.5, 0.6) is 5.75 Å². The summed E-state index contributed by atoms with van der Waals surface area (Å²) in [5.74, 6) is -0.910. The van der Waals surface area contributed by atoms with Gasteiger partial charge in [0.05, 0.1) is 11.3 Å². The van der Waals surface area contributed by atoms with Gasteiger partial charge in [-0.1, -0.05) is 0 Å². The average Bonchev–Trinajstić information content (AvgIpc) is 2.91. The van der Waals surface area contributed by atoms with Crippen LogP contribution in [0.3, 0.4) is 0 Å². The summed E-state index contributed by atoms with van der Waals surface area (Å²) in [6.45, 7) is -1.62. The van der Waals surface area contributed by atoms with Gasteiger partial charge in [0.2, 0.25) is 5.91 Å². The number of esters is 1. The molecule has 0 unspecified atom stereocenters. The summed E-state index contributed by atoms with van der Waals surface area (Å²) in [6.07, 6.45) is 0. The minimum atomic E-state index is -2.92. The Morgan fingerprint density at radius 3 is 2.61 bits per heavy atom. The molecule has 0 atom stereocenters. The number of ether oxygens (including phenoxy) is 2. The first kappa shape index (κ1) is 16.8. The number of aromatic nitrogens is 1. The molecule has 0 spiro atoms. The van der Waals surface area contributed by atoms with Gasteiger partial charge in [-0.05, 0) is 24.3 Å². The average molecular weight is 342 g/mol. The van der Waals surface area contributed by atoms with Crippen molar-refractivity contribution in [3.8, 4) is 5.75 Å². The second kappa shape index (κ2) is 7.63. The summed E-state index contributed by atoms with van der Waals surface area (Å²) in [5, 5.41) is 4.58. The van der Waals surface area contributed by atoms with Crippen LogP contribution in [0.25, 0.3) is 0 Å². The number of amides is 1. The molecule has 1 aromatic carbocycles. The molecule has 6 nitrogen and oxygen atoms in total. The molecule has 1 N–H and O–H groups in total. The van der Waals surface area contributed by atoms with E-state index in [0.717, 1.165) is 0 Å². The minimum absolute atomic E-state index is 0.0454. The predicted octanol–water partition coefficient (Wildman–Crippen LogP) is 3.06. The zero-order valence-corrected chi connectivity index (χ0v) is 12.7. The summed E-state index contributed by atoms with van der Waals surface area (Å²) in [7, 11) is 0. The van der Waals surface area contributed by atoms with Crippen molar-refractivity contribution in [2.45, 2.75) is 20.1 Å². The number of nitrogens with one attached hydrogen (secondary N) is 1. The minimum Gasteiger partial charge on any atom is -0.456 e. The topological polar surface area (TPSA) is 77.5 Å². The van der Waals surface area contributed by atoms with Crippen molar-refractivity contribution in [3.63, 3.8) is 0 Å². The first-order valence-electron chi connectivity index (χ1n) is 6.38. The molecule has 1 aromatic heterocycles.